The summed E-state index contributed by atoms with van der Waals surface area (Å²) in [6.45, 7) is 2.87. The fourth-order valence-corrected chi connectivity index (χ4v) is 1.99. The van der Waals surface area contributed by atoms with E-state index < -0.39 is 11.6 Å². The first kappa shape index (κ1) is 14.5. The SMILES string of the molecule is CCNC(COc1c(F)cccc1F)c1ccccc1. The number of ether oxygens (including phenoxy) is 1. The van der Waals surface area contributed by atoms with Crippen LogP contribution >= 0.6 is 0 Å². The molecular formula is C16H17F2NO. The van der Waals surface area contributed by atoms with Crippen molar-refractivity contribution in [2.24, 2.45) is 0 Å². The van der Waals surface area contributed by atoms with Crippen LogP contribution in [0.25, 0.3) is 0 Å². The van der Waals surface area contributed by atoms with E-state index in [1.165, 1.54) is 18.2 Å². The maximum Gasteiger partial charge on any atom is 0.190 e. The molecule has 106 valence electrons. The molecule has 4 heteroatoms. The average Bonchev–Trinajstić information content (AvgIpc) is 2.46. The smallest absolute Gasteiger partial charge is 0.190 e. The lowest BCUT2D eigenvalue weighted by Gasteiger charge is -2.19. The maximum absolute atomic E-state index is 13.5. The lowest BCUT2D eigenvalue weighted by molar-refractivity contribution is 0.245. The number of para-hydroxylation sites is 1. The van der Waals surface area contributed by atoms with E-state index in [2.05, 4.69) is 5.32 Å². The van der Waals surface area contributed by atoms with E-state index in [-0.39, 0.29) is 18.4 Å². The minimum atomic E-state index is -0.687. The molecule has 0 radical (unpaired) electrons. The van der Waals surface area contributed by atoms with Crippen LogP contribution in [0.1, 0.15) is 18.5 Å². The van der Waals surface area contributed by atoms with E-state index in [0.717, 1.165) is 12.1 Å². The summed E-state index contributed by atoms with van der Waals surface area (Å²) in [4.78, 5) is 0. The van der Waals surface area contributed by atoms with Crippen molar-refractivity contribution in [1.29, 1.82) is 0 Å². The molecule has 0 saturated heterocycles. The summed E-state index contributed by atoms with van der Waals surface area (Å²) in [6.07, 6.45) is 0. The van der Waals surface area contributed by atoms with Crippen LogP contribution in [-0.2, 0) is 0 Å². The molecule has 0 aliphatic heterocycles. The number of likely N-dealkylation sites (N-methyl/N-ethyl adjacent to an activating group) is 1. The summed E-state index contributed by atoms with van der Waals surface area (Å²) in [5.74, 6) is -1.70. The third-order valence-corrected chi connectivity index (χ3v) is 2.97. The highest BCUT2D eigenvalue weighted by Gasteiger charge is 2.14. The van der Waals surface area contributed by atoms with Gasteiger partial charge in [0.1, 0.15) is 6.61 Å². The Labute approximate surface area is 117 Å². The van der Waals surface area contributed by atoms with Gasteiger partial charge in [-0.1, -0.05) is 43.3 Å². The fraction of sp³-hybridized carbons (Fsp3) is 0.250. The van der Waals surface area contributed by atoms with Crippen LogP contribution in [-0.4, -0.2) is 13.2 Å². The molecule has 0 bridgehead atoms. The molecule has 2 nitrogen and oxygen atoms in total. The molecule has 1 atom stereocenters. The Morgan fingerprint density at radius 1 is 1.00 bits per heavy atom. The molecule has 0 aliphatic carbocycles. The van der Waals surface area contributed by atoms with Gasteiger partial charge in [0.25, 0.3) is 0 Å². The minimum Gasteiger partial charge on any atom is -0.486 e. The van der Waals surface area contributed by atoms with Crippen LogP contribution in [0.3, 0.4) is 0 Å². The van der Waals surface area contributed by atoms with Gasteiger partial charge < -0.3 is 10.1 Å². The maximum atomic E-state index is 13.5. The van der Waals surface area contributed by atoms with Crippen molar-refractivity contribution in [3.8, 4) is 5.75 Å². The molecule has 0 aromatic heterocycles. The lowest BCUT2D eigenvalue weighted by atomic mass is 10.1. The Bertz CT molecular complexity index is 525. The van der Waals surface area contributed by atoms with E-state index in [1.54, 1.807) is 0 Å². The Morgan fingerprint density at radius 2 is 1.65 bits per heavy atom. The quantitative estimate of drug-likeness (QED) is 0.869. The zero-order chi connectivity index (χ0) is 14.4. The average molecular weight is 277 g/mol. The normalized spacial score (nSPS) is 12.2. The predicted octanol–water partition coefficient (Wildman–Crippen LogP) is 3.69. The second kappa shape index (κ2) is 7.01. The van der Waals surface area contributed by atoms with E-state index >= 15 is 0 Å². The second-order valence-corrected chi connectivity index (χ2v) is 4.38. The summed E-state index contributed by atoms with van der Waals surface area (Å²) in [5.41, 5.74) is 1.02. The van der Waals surface area contributed by atoms with Gasteiger partial charge in [0.05, 0.1) is 6.04 Å². The van der Waals surface area contributed by atoms with Gasteiger partial charge in [-0.15, -0.1) is 0 Å². The topological polar surface area (TPSA) is 21.3 Å². The third-order valence-electron chi connectivity index (χ3n) is 2.97. The van der Waals surface area contributed by atoms with Crippen LogP contribution in [0.15, 0.2) is 48.5 Å². The summed E-state index contributed by atoms with van der Waals surface area (Å²) < 4.78 is 32.3. The number of benzene rings is 2. The van der Waals surface area contributed by atoms with Crippen molar-refractivity contribution < 1.29 is 13.5 Å². The highest BCUT2D eigenvalue weighted by molar-refractivity contribution is 5.26. The van der Waals surface area contributed by atoms with Gasteiger partial charge in [-0.3, -0.25) is 0 Å². The van der Waals surface area contributed by atoms with Crippen molar-refractivity contribution in [1.82, 2.24) is 5.32 Å². The molecule has 2 rings (SSSR count). The molecular weight excluding hydrogens is 260 g/mol. The summed E-state index contributed by atoms with van der Waals surface area (Å²) >= 11 is 0. The number of hydrogen-bond donors (Lipinski definition) is 1. The molecule has 0 aliphatic rings. The first-order valence-corrected chi connectivity index (χ1v) is 6.57. The van der Waals surface area contributed by atoms with Crippen molar-refractivity contribution in [3.63, 3.8) is 0 Å². The molecule has 1 unspecified atom stereocenters. The van der Waals surface area contributed by atoms with Crippen LogP contribution in [0.5, 0.6) is 5.75 Å². The monoisotopic (exact) mass is 277 g/mol. The lowest BCUT2D eigenvalue weighted by Crippen LogP contribution is -2.26. The van der Waals surface area contributed by atoms with Gasteiger partial charge in [-0.25, -0.2) is 8.78 Å². The van der Waals surface area contributed by atoms with Gasteiger partial charge in [0.15, 0.2) is 17.4 Å². The Balaban J connectivity index is 2.10. The number of hydrogen-bond acceptors (Lipinski definition) is 2. The van der Waals surface area contributed by atoms with Gasteiger partial charge in [-0.2, -0.15) is 0 Å². The third kappa shape index (κ3) is 3.54. The van der Waals surface area contributed by atoms with Gasteiger partial charge in [0, 0.05) is 0 Å². The predicted molar refractivity (Wildman–Crippen MR) is 74.7 cm³/mol. The molecule has 2 aromatic rings. The van der Waals surface area contributed by atoms with Crippen LogP contribution in [0.4, 0.5) is 8.78 Å². The van der Waals surface area contributed by atoms with E-state index in [0.29, 0.717) is 0 Å². The minimum absolute atomic E-state index is 0.111. The molecule has 0 amide bonds. The number of nitrogens with one attached hydrogen (secondary N) is 1. The van der Waals surface area contributed by atoms with Gasteiger partial charge >= 0.3 is 0 Å². The first-order chi connectivity index (χ1) is 9.72. The highest BCUT2D eigenvalue weighted by atomic mass is 19.1. The Morgan fingerprint density at radius 3 is 2.25 bits per heavy atom. The van der Waals surface area contributed by atoms with Crippen LogP contribution in [0, 0.1) is 11.6 Å². The Kier molecular flexibility index (Phi) is 5.07. The number of rotatable bonds is 6. The van der Waals surface area contributed by atoms with Gasteiger partial charge in [0.2, 0.25) is 0 Å². The summed E-state index contributed by atoms with van der Waals surface area (Å²) in [7, 11) is 0. The molecule has 0 heterocycles. The van der Waals surface area contributed by atoms with Crippen molar-refractivity contribution >= 4 is 0 Å². The molecule has 0 spiro atoms. The molecule has 0 fully saturated rings. The highest BCUT2D eigenvalue weighted by Crippen LogP contribution is 2.22. The van der Waals surface area contributed by atoms with Gasteiger partial charge in [-0.05, 0) is 24.2 Å². The zero-order valence-electron chi connectivity index (χ0n) is 11.3. The molecule has 0 saturated carbocycles. The molecule has 1 N–H and O–H groups in total. The van der Waals surface area contributed by atoms with E-state index in [1.807, 2.05) is 37.3 Å². The van der Waals surface area contributed by atoms with E-state index in [9.17, 15) is 8.78 Å². The van der Waals surface area contributed by atoms with Crippen LogP contribution < -0.4 is 10.1 Å². The molecule has 2 aromatic carbocycles. The molecule has 20 heavy (non-hydrogen) atoms. The standard InChI is InChI=1S/C16H17F2NO/c1-2-19-15(12-7-4-3-5-8-12)11-20-16-13(17)9-6-10-14(16)18/h3-10,15,19H,2,11H2,1H3. The van der Waals surface area contributed by atoms with Crippen molar-refractivity contribution in [2.45, 2.75) is 13.0 Å². The van der Waals surface area contributed by atoms with Crippen LogP contribution in [0.2, 0.25) is 0 Å². The number of halogens is 2. The van der Waals surface area contributed by atoms with Crippen molar-refractivity contribution in [3.05, 3.63) is 65.7 Å². The Hall–Kier alpha value is -1.94. The van der Waals surface area contributed by atoms with E-state index in [4.69, 9.17) is 4.74 Å². The summed E-state index contributed by atoms with van der Waals surface area (Å²) in [5, 5.41) is 3.24. The second-order valence-electron chi connectivity index (χ2n) is 4.38. The van der Waals surface area contributed by atoms with Crippen molar-refractivity contribution in [2.75, 3.05) is 13.2 Å². The zero-order valence-corrected chi connectivity index (χ0v) is 11.3. The largest absolute Gasteiger partial charge is 0.486 e. The summed E-state index contributed by atoms with van der Waals surface area (Å²) in [6, 6.07) is 13.2. The first-order valence-electron chi connectivity index (χ1n) is 6.57. The fourth-order valence-electron chi connectivity index (χ4n) is 1.99.